The number of carbonyl (C=O) groups excluding carboxylic acids is 1. The fraction of sp³-hybridized carbons (Fsp3) is 0.889. The van der Waals surface area contributed by atoms with Gasteiger partial charge >= 0.3 is 5.97 Å². The highest BCUT2D eigenvalue weighted by molar-refractivity contribution is 5.66. The van der Waals surface area contributed by atoms with Crippen LogP contribution < -0.4 is 0 Å². The molecule has 0 unspecified atom stereocenters. The molecule has 0 bridgehead atoms. The minimum atomic E-state index is -0.185. The predicted octanol–water partition coefficient (Wildman–Crippen LogP) is 0.853. The summed E-state index contributed by atoms with van der Waals surface area (Å²) in [6.07, 6.45) is 3.78. The molecule has 3 heteroatoms. The van der Waals surface area contributed by atoms with Gasteiger partial charge in [0.1, 0.15) is 6.10 Å². The highest BCUT2D eigenvalue weighted by Crippen LogP contribution is 2.56. The Kier molecular flexibility index (Phi) is 1.65. The molecule has 2 rings (SSSR count). The van der Waals surface area contributed by atoms with Crippen LogP contribution in [0.2, 0.25) is 0 Å². The van der Waals surface area contributed by atoms with Crippen LogP contribution in [0, 0.1) is 5.41 Å². The first-order chi connectivity index (χ1) is 5.60. The van der Waals surface area contributed by atoms with Crippen molar-refractivity contribution in [2.45, 2.75) is 44.8 Å². The van der Waals surface area contributed by atoms with Crippen LogP contribution in [0.25, 0.3) is 0 Å². The fourth-order valence-corrected chi connectivity index (χ4v) is 2.50. The smallest absolute Gasteiger partial charge is 0.302 e. The molecule has 1 N–H and O–H groups in total. The van der Waals surface area contributed by atoms with E-state index in [2.05, 4.69) is 0 Å². The Morgan fingerprint density at radius 3 is 2.42 bits per heavy atom. The van der Waals surface area contributed by atoms with Crippen molar-refractivity contribution in [2.75, 3.05) is 0 Å². The molecule has 0 aromatic heterocycles. The fourth-order valence-electron chi connectivity index (χ4n) is 2.50. The van der Waals surface area contributed by atoms with Crippen LogP contribution in [-0.4, -0.2) is 23.3 Å². The molecule has 0 saturated heterocycles. The second-order valence-electron chi connectivity index (χ2n) is 4.20. The molecule has 68 valence electrons. The molecule has 0 atom stereocenters. The maximum absolute atomic E-state index is 10.6. The molecule has 2 aliphatic rings. The first kappa shape index (κ1) is 8.05. The van der Waals surface area contributed by atoms with Crippen molar-refractivity contribution >= 4 is 5.97 Å². The van der Waals surface area contributed by atoms with E-state index < -0.39 is 0 Å². The number of esters is 1. The lowest BCUT2D eigenvalue weighted by molar-refractivity contribution is -0.177. The lowest BCUT2D eigenvalue weighted by Gasteiger charge is -2.55. The normalized spacial score (nSPS) is 44.8. The number of aliphatic hydroxyl groups excluding tert-OH is 1. The van der Waals surface area contributed by atoms with Crippen molar-refractivity contribution in [3.63, 3.8) is 0 Å². The highest BCUT2D eigenvalue weighted by Gasteiger charge is 2.53. The number of hydrogen-bond donors (Lipinski definition) is 1. The zero-order valence-corrected chi connectivity index (χ0v) is 7.25. The first-order valence-corrected chi connectivity index (χ1v) is 4.45. The summed E-state index contributed by atoms with van der Waals surface area (Å²) in [6, 6.07) is 0. The molecule has 0 radical (unpaired) electrons. The van der Waals surface area contributed by atoms with Gasteiger partial charge in [-0.15, -0.1) is 0 Å². The van der Waals surface area contributed by atoms with Crippen molar-refractivity contribution < 1.29 is 14.6 Å². The number of rotatable bonds is 1. The van der Waals surface area contributed by atoms with Crippen molar-refractivity contribution in [1.29, 1.82) is 0 Å². The standard InChI is InChI=1S/C9H14O3/c1-6(10)12-8-4-9(5-8)2-7(11)3-9/h7-8,11H,2-5H2,1H3. The maximum atomic E-state index is 10.6. The zero-order chi connectivity index (χ0) is 8.77. The van der Waals surface area contributed by atoms with Crippen molar-refractivity contribution in [1.82, 2.24) is 0 Å². The van der Waals surface area contributed by atoms with Gasteiger partial charge in [-0.2, -0.15) is 0 Å². The molecule has 2 aliphatic carbocycles. The lowest BCUT2D eigenvalue weighted by atomic mass is 9.53. The van der Waals surface area contributed by atoms with Crippen LogP contribution in [0.4, 0.5) is 0 Å². The monoisotopic (exact) mass is 170 g/mol. The Labute approximate surface area is 71.7 Å². The SMILES string of the molecule is CC(=O)OC1CC2(CC(O)C2)C1. The van der Waals surface area contributed by atoms with Crippen LogP contribution in [0.5, 0.6) is 0 Å². The largest absolute Gasteiger partial charge is 0.463 e. The Balaban J connectivity index is 1.74. The summed E-state index contributed by atoms with van der Waals surface area (Å²) < 4.78 is 5.03. The van der Waals surface area contributed by atoms with Crippen molar-refractivity contribution in [3.05, 3.63) is 0 Å². The van der Waals surface area contributed by atoms with Crippen LogP contribution >= 0.6 is 0 Å². The second-order valence-corrected chi connectivity index (χ2v) is 4.20. The quantitative estimate of drug-likeness (QED) is 0.593. The van der Waals surface area contributed by atoms with Gasteiger partial charge in [-0.25, -0.2) is 0 Å². The number of aliphatic hydroxyl groups is 1. The number of carbonyl (C=O) groups is 1. The molecule has 0 aliphatic heterocycles. The molecule has 0 aromatic carbocycles. The zero-order valence-electron chi connectivity index (χ0n) is 7.25. The summed E-state index contributed by atoms with van der Waals surface area (Å²) >= 11 is 0. The van der Waals surface area contributed by atoms with Gasteiger partial charge in [0.15, 0.2) is 0 Å². The van der Waals surface area contributed by atoms with E-state index in [1.54, 1.807) is 0 Å². The molecule has 0 amide bonds. The topological polar surface area (TPSA) is 46.5 Å². The average molecular weight is 170 g/mol. The van der Waals surface area contributed by atoms with E-state index in [-0.39, 0.29) is 18.2 Å². The highest BCUT2D eigenvalue weighted by atomic mass is 16.5. The average Bonchev–Trinajstić information content (AvgIpc) is 1.78. The second kappa shape index (κ2) is 2.46. The minimum absolute atomic E-state index is 0.0942. The van der Waals surface area contributed by atoms with Gasteiger partial charge < -0.3 is 9.84 Å². The molecule has 0 aromatic rings. The van der Waals surface area contributed by atoms with Crippen LogP contribution in [-0.2, 0) is 9.53 Å². The molecule has 3 nitrogen and oxygen atoms in total. The summed E-state index contributed by atoms with van der Waals surface area (Å²) in [4.78, 5) is 10.6. The van der Waals surface area contributed by atoms with E-state index in [9.17, 15) is 4.79 Å². The maximum Gasteiger partial charge on any atom is 0.302 e. The molecular formula is C9H14O3. The van der Waals surface area contributed by atoms with Gasteiger partial charge in [-0.1, -0.05) is 0 Å². The van der Waals surface area contributed by atoms with E-state index in [0.717, 1.165) is 25.7 Å². The summed E-state index contributed by atoms with van der Waals surface area (Å²) in [7, 11) is 0. The molecule has 1 spiro atoms. The third-order valence-corrected chi connectivity index (χ3v) is 2.99. The van der Waals surface area contributed by atoms with Gasteiger partial charge in [0.05, 0.1) is 6.10 Å². The molecular weight excluding hydrogens is 156 g/mol. The van der Waals surface area contributed by atoms with Gasteiger partial charge in [0, 0.05) is 6.92 Å². The molecule has 2 fully saturated rings. The van der Waals surface area contributed by atoms with Crippen molar-refractivity contribution in [3.8, 4) is 0 Å². The summed E-state index contributed by atoms with van der Waals surface area (Å²) in [5.74, 6) is -0.185. The van der Waals surface area contributed by atoms with E-state index in [1.807, 2.05) is 0 Å². The first-order valence-electron chi connectivity index (χ1n) is 4.45. The lowest BCUT2D eigenvalue weighted by Crippen LogP contribution is -2.53. The third kappa shape index (κ3) is 1.22. The minimum Gasteiger partial charge on any atom is -0.463 e. The van der Waals surface area contributed by atoms with E-state index in [4.69, 9.17) is 9.84 Å². The van der Waals surface area contributed by atoms with E-state index in [1.165, 1.54) is 6.92 Å². The summed E-state index contributed by atoms with van der Waals surface area (Å²) in [5, 5.41) is 9.11. The number of hydrogen-bond acceptors (Lipinski definition) is 3. The molecule has 12 heavy (non-hydrogen) atoms. The van der Waals surface area contributed by atoms with Gasteiger partial charge in [-0.05, 0) is 31.1 Å². The van der Waals surface area contributed by atoms with Gasteiger partial charge in [0.2, 0.25) is 0 Å². The summed E-state index contributed by atoms with van der Waals surface area (Å²) in [5.41, 5.74) is 0.347. The Morgan fingerprint density at radius 1 is 1.42 bits per heavy atom. The van der Waals surface area contributed by atoms with Gasteiger partial charge in [0.25, 0.3) is 0 Å². The Hall–Kier alpha value is -0.570. The number of ether oxygens (including phenoxy) is 1. The molecule has 2 saturated carbocycles. The molecule has 0 heterocycles. The van der Waals surface area contributed by atoms with Crippen LogP contribution in [0.1, 0.15) is 32.6 Å². The van der Waals surface area contributed by atoms with Crippen LogP contribution in [0.15, 0.2) is 0 Å². The van der Waals surface area contributed by atoms with Crippen molar-refractivity contribution in [2.24, 2.45) is 5.41 Å². The van der Waals surface area contributed by atoms with Crippen LogP contribution in [0.3, 0.4) is 0 Å². The van der Waals surface area contributed by atoms with E-state index >= 15 is 0 Å². The predicted molar refractivity (Wildman–Crippen MR) is 42.5 cm³/mol. The Bertz CT molecular complexity index is 198. The van der Waals surface area contributed by atoms with E-state index in [0.29, 0.717) is 5.41 Å². The van der Waals surface area contributed by atoms with Gasteiger partial charge in [-0.3, -0.25) is 4.79 Å². The third-order valence-electron chi connectivity index (χ3n) is 2.99. The summed E-state index contributed by atoms with van der Waals surface area (Å²) in [6.45, 7) is 1.45. The Morgan fingerprint density at radius 2 is 2.00 bits per heavy atom.